The fraction of sp³-hybridized carbons (Fsp3) is 0.364. The number of amides is 2. The molecular formula is C22H24N2O2S. The number of hydrogen-bond donors (Lipinski definition) is 0. The Morgan fingerprint density at radius 3 is 2.37 bits per heavy atom. The van der Waals surface area contributed by atoms with Gasteiger partial charge in [0.05, 0.1) is 12.1 Å². The summed E-state index contributed by atoms with van der Waals surface area (Å²) in [7, 11) is 0. The van der Waals surface area contributed by atoms with Crippen molar-refractivity contribution in [1.29, 1.82) is 0 Å². The summed E-state index contributed by atoms with van der Waals surface area (Å²) < 4.78 is 0. The Hall–Kier alpha value is -2.40. The molecule has 140 valence electrons. The number of aryl methyl sites for hydroxylation is 1. The van der Waals surface area contributed by atoms with Crippen molar-refractivity contribution in [2.75, 3.05) is 13.1 Å². The first-order valence-electron chi connectivity index (χ1n) is 9.49. The Morgan fingerprint density at radius 2 is 1.74 bits per heavy atom. The third-order valence-corrected chi connectivity index (χ3v) is 6.36. The molecule has 0 N–H and O–H groups in total. The Labute approximate surface area is 164 Å². The molecule has 2 amide bonds. The van der Waals surface area contributed by atoms with Gasteiger partial charge in [-0.25, -0.2) is 0 Å². The number of thiophene rings is 1. The Kier molecular flexibility index (Phi) is 4.87. The number of benzene rings is 1. The third kappa shape index (κ3) is 3.44. The number of likely N-dealkylation sites (tertiary alicyclic amines) is 1. The molecule has 0 unspecified atom stereocenters. The zero-order chi connectivity index (χ0) is 19.0. The van der Waals surface area contributed by atoms with Gasteiger partial charge in [-0.3, -0.25) is 14.5 Å². The van der Waals surface area contributed by atoms with Crippen molar-refractivity contribution in [2.24, 2.45) is 5.92 Å². The molecule has 0 aliphatic carbocycles. The van der Waals surface area contributed by atoms with Crippen molar-refractivity contribution in [1.82, 2.24) is 9.80 Å². The minimum atomic E-state index is -0.170. The van der Waals surface area contributed by atoms with E-state index in [0.717, 1.165) is 36.4 Å². The molecule has 1 aromatic heterocycles. The first-order valence-corrected chi connectivity index (χ1v) is 10.4. The number of piperidine rings is 1. The maximum Gasteiger partial charge on any atom is 0.278 e. The zero-order valence-corrected chi connectivity index (χ0v) is 16.6. The van der Waals surface area contributed by atoms with Gasteiger partial charge < -0.3 is 4.90 Å². The first-order chi connectivity index (χ1) is 13.0. The quantitative estimate of drug-likeness (QED) is 0.751. The number of carbonyl (C=O) groups is 2. The molecule has 0 atom stereocenters. The normalized spacial score (nSPS) is 18.7. The lowest BCUT2D eigenvalue weighted by molar-refractivity contribution is -0.138. The van der Waals surface area contributed by atoms with Gasteiger partial charge in [-0.1, -0.05) is 42.8 Å². The first kappa shape index (κ1) is 18.0. The molecule has 2 aliphatic heterocycles. The molecule has 1 aromatic carbocycles. The van der Waals surface area contributed by atoms with E-state index >= 15 is 0 Å². The zero-order valence-electron chi connectivity index (χ0n) is 15.8. The second kappa shape index (κ2) is 7.31. The second-order valence-corrected chi connectivity index (χ2v) is 8.50. The molecule has 1 fully saturated rings. The van der Waals surface area contributed by atoms with E-state index < -0.39 is 0 Å². The van der Waals surface area contributed by atoms with E-state index in [-0.39, 0.29) is 11.8 Å². The molecule has 5 heteroatoms. The summed E-state index contributed by atoms with van der Waals surface area (Å²) >= 11 is 1.52. The van der Waals surface area contributed by atoms with E-state index in [2.05, 4.69) is 11.8 Å². The maximum absolute atomic E-state index is 13.3. The van der Waals surface area contributed by atoms with Crippen LogP contribution in [0.5, 0.6) is 0 Å². The highest BCUT2D eigenvalue weighted by molar-refractivity contribution is 7.11. The van der Waals surface area contributed by atoms with Crippen LogP contribution in [0.3, 0.4) is 0 Å². The molecule has 0 spiro atoms. The molecule has 27 heavy (non-hydrogen) atoms. The monoisotopic (exact) mass is 380 g/mol. The van der Waals surface area contributed by atoms with Crippen molar-refractivity contribution in [2.45, 2.75) is 33.2 Å². The van der Waals surface area contributed by atoms with Crippen LogP contribution in [0, 0.1) is 12.8 Å². The fourth-order valence-electron chi connectivity index (χ4n) is 3.75. The highest BCUT2D eigenvalue weighted by Crippen LogP contribution is 2.36. The van der Waals surface area contributed by atoms with Crippen LogP contribution in [0.25, 0.3) is 5.57 Å². The van der Waals surface area contributed by atoms with Crippen LogP contribution in [-0.4, -0.2) is 34.7 Å². The van der Waals surface area contributed by atoms with Crippen LogP contribution in [0.4, 0.5) is 0 Å². The summed E-state index contributed by atoms with van der Waals surface area (Å²) in [6.45, 7) is 6.27. The van der Waals surface area contributed by atoms with Crippen LogP contribution in [0.2, 0.25) is 0 Å². The standard InChI is InChI=1S/C22H24N2O2S/c1-15-5-7-17(8-6-15)14-24-21(25)19(18-4-3-13-27-18)20(22(24)26)23-11-9-16(2)10-12-23/h3-8,13,16H,9-12,14H2,1-2H3. The number of hydrogen-bond acceptors (Lipinski definition) is 4. The smallest absolute Gasteiger partial charge is 0.278 e. The topological polar surface area (TPSA) is 40.6 Å². The van der Waals surface area contributed by atoms with Gasteiger partial charge in [0, 0.05) is 18.0 Å². The highest BCUT2D eigenvalue weighted by Gasteiger charge is 2.42. The predicted molar refractivity (Wildman–Crippen MR) is 108 cm³/mol. The molecular weight excluding hydrogens is 356 g/mol. The molecule has 2 aromatic rings. The van der Waals surface area contributed by atoms with Crippen molar-refractivity contribution in [3.63, 3.8) is 0 Å². The summed E-state index contributed by atoms with van der Waals surface area (Å²) in [6.07, 6.45) is 2.11. The SMILES string of the molecule is Cc1ccc(CN2C(=O)C(c3cccs3)=C(N3CCC(C)CC3)C2=O)cc1. The number of carbonyl (C=O) groups excluding carboxylic acids is 2. The third-order valence-electron chi connectivity index (χ3n) is 5.47. The Morgan fingerprint density at radius 1 is 1.04 bits per heavy atom. The average molecular weight is 381 g/mol. The van der Waals surface area contributed by atoms with Gasteiger partial charge in [-0.15, -0.1) is 11.3 Å². The average Bonchev–Trinajstić information content (AvgIpc) is 3.26. The van der Waals surface area contributed by atoms with Gasteiger partial charge in [0.2, 0.25) is 0 Å². The van der Waals surface area contributed by atoms with Gasteiger partial charge in [0.15, 0.2) is 0 Å². The summed E-state index contributed by atoms with van der Waals surface area (Å²) in [5, 5.41) is 1.96. The summed E-state index contributed by atoms with van der Waals surface area (Å²) in [4.78, 5) is 30.9. The Balaban J connectivity index is 1.67. The van der Waals surface area contributed by atoms with Crippen LogP contribution in [-0.2, 0) is 16.1 Å². The van der Waals surface area contributed by atoms with E-state index in [1.807, 2.05) is 48.7 Å². The highest BCUT2D eigenvalue weighted by atomic mass is 32.1. The van der Waals surface area contributed by atoms with E-state index in [1.165, 1.54) is 21.8 Å². The summed E-state index contributed by atoms with van der Waals surface area (Å²) in [5.74, 6) is 0.345. The molecule has 4 rings (SSSR count). The van der Waals surface area contributed by atoms with Crippen LogP contribution in [0.15, 0.2) is 47.5 Å². The lowest BCUT2D eigenvalue weighted by Crippen LogP contribution is -2.38. The molecule has 3 heterocycles. The number of imide groups is 1. The molecule has 4 nitrogen and oxygen atoms in total. The molecule has 0 radical (unpaired) electrons. The number of rotatable bonds is 4. The van der Waals surface area contributed by atoms with E-state index in [1.54, 1.807) is 0 Å². The second-order valence-electron chi connectivity index (χ2n) is 7.55. The van der Waals surface area contributed by atoms with Gasteiger partial charge in [-0.05, 0) is 42.7 Å². The summed E-state index contributed by atoms with van der Waals surface area (Å²) in [6, 6.07) is 11.9. The van der Waals surface area contributed by atoms with Crippen LogP contribution >= 0.6 is 11.3 Å². The van der Waals surface area contributed by atoms with Crippen LogP contribution in [0.1, 0.15) is 35.8 Å². The lowest BCUT2D eigenvalue weighted by atomic mass is 9.98. The van der Waals surface area contributed by atoms with Gasteiger partial charge in [0.1, 0.15) is 5.70 Å². The molecule has 1 saturated heterocycles. The van der Waals surface area contributed by atoms with E-state index in [0.29, 0.717) is 23.7 Å². The lowest BCUT2D eigenvalue weighted by Gasteiger charge is -2.32. The molecule has 2 aliphatic rings. The van der Waals surface area contributed by atoms with Crippen molar-refractivity contribution < 1.29 is 9.59 Å². The van der Waals surface area contributed by atoms with E-state index in [9.17, 15) is 9.59 Å². The van der Waals surface area contributed by atoms with Crippen LogP contribution < -0.4 is 0 Å². The van der Waals surface area contributed by atoms with Crippen molar-refractivity contribution in [3.8, 4) is 0 Å². The van der Waals surface area contributed by atoms with Gasteiger partial charge in [0.25, 0.3) is 11.8 Å². The maximum atomic E-state index is 13.3. The Bertz CT molecular complexity index is 876. The molecule has 0 bridgehead atoms. The van der Waals surface area contributed by atoms with Crippen molar-refractivity contribution >= 4 is 28.7 Å². The van der Waals surface area contributed by atoms with E-state index in [4.69, 9.17) is 0 Å². The minimum Gasteiger partial charge on any atom is -0.366 e. The number of nitrogens with zero attached hydrogens (tertiary/aromatic N) is 2. The summed E-state index contributed by atoms with van der Waals surface area (Å²) in [5.41, 5.74) is 3.32. The van der Waals surface area contributed by atoms with Gasteiger partial charge in [-0.2, -0.15) is 0 Å². The molecule has 0 saturated carbocycles. The minimum absolute atomic E-state index is 0.154. The predicted octanol–water partition coefficient (Wildman–Crippen LogP) is 4.07. The van der Waals surface area contributed by atoms with Crippen molar-refractivity contribution in [3.05, 3.63) is 63.5 Å². The fourth-order valence-corrected chi connectivity index (χ4v) is 4.51. The largest absolute Gasteiger partial charge is 0.366 e. The van der Waals surface area contributed by atoms with Gasteiger partial charge >= 0.3 is 0 Å².